The van der Waals surface area contributed by atoms with E-state index in [0.717, 1.165) is 43.8 Å². The summed E-state index contributed by atoms with van der Waals surface area (Å²) in [5.41, 5.74) is 3.34. The number of H-pyrrole nitrogens is 1. The van der Waals surface area contributed by atoms with E-state index in [4.69, 9.17) is 10.6 Å². The maximum Gasteiger partial charge on any atom is 0.241 e. The average molecular weight is 277 g/mol. The SMILES string of the molecule is CC1(CNc2nc(NN)nc3[nH]ncc23)CCOCC1. The van der Waals surface area contributed by atoms with Crippen LogP contribution in [0.25, 0.3) is 11.0 Å². The summed E-state index contributed by atoms with van der Waals surface area (Å²) in [7, 11) is 0. The molecule has 0 radical (unpaired) electrons. The van der Waals surface area contributed by atoms with E-state index in [1.54, 1.807) is 6.20 Å². The predicted molar refractivity (Wildman–Crippen MR) is 76.1 cm³/mol. The molecule has 3 rings (SSSR count). The average Bonchev–Trinajstić information content (AvgIpc) is 2.93. The van der Waals surface area contributed by atoms with Crippen LogP contribution < -0.4 is 16.6 Å². The molecule has 0 atom stereocenters. The Balaban J connectivity index is 1.81. The van der Waals surface area contributed by atoms with Crippen LogP contribution in [0.4, 0.5) is 11.8 Å². The monoisotopic (exact) mass is 277 g/mol. The molecule has 2 aromatic heterocycles. The van der Waals surface area contributed by atoms with Gasteiger partial charge in [0.15, 0.2) is 5.65 Å². The van der Waals surface area contributed by atoms with Gasteiger partial charge in [0.2, 0.25) is 5.95 Å². The van der Waals surface area contributed by atoms with Crippen LogP contribution in [0.15, 0.2) is 6.20 Å². The molecule has 2 aromatic rings. The predicted octanol–water partition coefficient (Wildman–Crippen LogP) is 0.867. The number of aromatic amines is 1. The first kappa shape index (κ1) is 13.1. The van der Waals surface area contributed by atoms with Crippen molar-refractivity contribution in [2.24, 2.45) is 11.3 Å². The van der Waals surface area contributed by atoms with E-state index >= 15 is 0 Å². The third-order valence-electron chi connectivity index (χ3n) is 3.82. The molecule has 1 aliphatic heterocycles. The second kappa shape index (κ2) is 5.22. The Labute approximate surface area is 116 Å². The maximum atomic E-state index is 5.42. The van der Waals surface area contributed by atoms with Crippen molar-refractivity contribution in [3.05, 3.63) is 6.20 Å². The quantitative estimate of drug-likeness (QED) is 0.484. The number of aromatic nitrogens is 4. The molecule has 8 heteroatoms. The second-order valence-electron chi connectivity index (χ2n) is 5.45. The number of nitrogens with one attached hydrogen (secondary N) is 3. The van der Waals surface area contributed by atoms with Crippen molar-refractivity contribution in [2.75, 3.05) is 30.5 Å². The second-order valence-corrected chi connectivity index (χ2v) is 5.45. The van der Waals surface area contributed by atoms with E-state index in [1.165, 1.54) is 0 Å². The number of anilines is 2. The van der Waals surface area contributed by atoms with Gasteiger partial charge in [0, 0.05) is 19.8 Å². The van der Waals surface area contributed by atoms with E-state index in [2.05, 4.69) is 37.8 Å². The summed E-state index contributed by atoms with van der Waals surface area (Å²) in [6.45, 7) is 4.73. The molecule has 108 valence electrons. The highest BCUT2D eigenvalue weighted by Gasteiger charge is 2.27. The minimum Gasteiger partial charge on any atom is -0.381 e. The largest absolute Gasteiger partial charge is 0.381 e. The van der Waals surface area contributed by atoms with Crippen molar-refractivity contribution in [1.29, 1.82) is 0 Å². The smallest absolute Gasteiger partial charge is 0.241 e. The zero-order valence-corrected chi connectivity index (χ0v) is 11.4. The highest BCUT2D eigenvalue weighted by atomic mass is 16.5. The molecule has 1 saturated heterocycles. The lowest BCUT2D eigenvalue weighted by molar-refractivity contribution is 0.0300. The van der Waals surface area contributed by atoms with Gasteiger partial charge in [0.1, 0.15) is 5.82 Å². The Hall–Kier alpha value is -1.93. The fraction of sp³-hybridized carbons (Fsp3) is 0.583. The summed E-state index contributed by atoms with van der Waals surface area (Å²) in [6, 6.07) is 0. The minimum absolute atomic E-state index is 0.218. The molecule has 5 N–H and O–H groups in total. The molecule has 0 amide bonds. The number of fused-ring (bicyclic) bond motifs is 1. The lowest BCUT2D eigenvalue weighted by Gasteiger charge is -2.33. The number of nitrogen functional groups attached to an aromatic ring is 1. The zero-order chi connectivity index (χ0) is 14.0. The zero-order valence-electron chi connectivity index (χ0n) is 11.4. The van der Waals surface area contributed by atoms with Crippen LogP contribution in [0.3, 0.4) is 0 Å². The van der Waals surface area contributed by atoms with Gasteiger partial charge in [0.25, 0.3) is 0 Å². The summed E-state index contributed by atoms with van der Waals surface area (Å²) in [5, 5.41) is 11.1. The third-order valence-corrected chi connectivity index (χ3v) is 3.82. The van der Waals surface area contributed by atoms with E-state index in [9.17, 15) is 0 Å². The first-order valence-electron chi connectivity index (χ1n) is 6.70. The van der Waals surface area contributed by atoms with Gasteiger partial charge in [-0.1, -0.05) is 6.92 Å². The van der Waals surface area contributed by atoms with E-state index in [-0.39, 0.29) is 5.41 Å². The van der Waals surface area contributed by atoms with Crippen molar-refractivity contribution < 1.29 is 4.74 Å². The molecule has 8 nitrogen and oxygen atoms in total. The van der Waals surface area contributed by atoms with Crippen molar-refractivity contribution in [3.63, 3.8) is 0 Å². The molecular formula is C12H19N7O. The van der Waals surface area contributed by atoms with Crippen LogP contribution in [-0.4, -0.2) is 39.9 Å². The Kier molecular flexibility index (Phi) is 3.41. The van der Waals surface area contributed by atoms with Gasteiger partial charge in [-0.05, 0) is 18.3 Å². The molecule has 1 aliphatic rings. The summed E-state index contributed by atoms with van der Waals surface area (Å²) in [6.07, 6.45) is 3.80. The van der Waals surface area contributed by atoms with Crippen molar-refractivity contribution in [2.45, 2.75) is 19.8 Å². The van der Waals surface area contributed by atoms with Crippen LogP contribution in [0.2, 0.25) is 0 Å². The van der Waals surface area contributed by atoms with Gasteiger partial charge in [-0.15, -0.1) is 0 Å². The third kappa shape index (κ3) is 2.52. The standard InChI is InChI=1S/C12H19N7O/c1-12(2-4-20-5-3-12)7-14-9-8-6-15-19-10(8)17-11(16-9)18-13/h6H,2-5,7,13H2,1H3,(H3,14,15,16,17,18,19). The summed E-state index contributed by atoms with van der Waals surface area (Å²) in [5.74, 6) is 6.49. The minimum atomic E-state index is 0.218. The highest BCUT2D eigenvalue weighted by molar-refractivity contribution is 5.86. The van der Waals surface area contributed by atoms with Crippen LogP contribution in [-0.2, 0) is 4.74 Å². The van der Waals surface area contributed by atoms with Crippen LogP contribution in [0.5, 0.6) is 0 Å². The van der Waals surface area contributed by atoms with Gasteiger partial charge in [0.05, 0.1) is 11.6 Å². The maximum absolute atomic E-state index is 5.42. The molecular weight excluding hydrogens is 258 g/mol. The molecule has 0 unspecified atom stereocenters. The number of ether oxygens (including phenoxy) is 1. The Bertz CT molecular complexity index is 591. The molecule has 3 heterocycles. The van der Waals surface area contributed by atoms with Gasteiger partial charge < -0.3 is 10.1 Å². The highest BCUT2D eigenvalue weighted by Crippen LogP contribution is 2.30. The lowest BCUT2D eigenvalue weighted by atomic mass is 9.82. The Morgan fingerprint density at radius 3 is 2.95 bits per heavy atom. The van der Waals surface area contributed by atoms with Gasteiger partial charge in [-0.2, -0.15) is 15.1 Å². The van der Waals surface area contributed by atoms with Crippen molar-refractivity contribution >= 4 is 22.8 Å². The first-order valence-corrected chi connectivity index (χ1v) is 6.70. The first-order chi connectivity index (χ1) is 9.70. The van der Waals surface area contributed by atoms with Gasteiger partial charge >= 0.3 is 0 Å². The van der Waals surface area contributed by atoms with Crippen molar-refractivity contribution in [3.8, 4) is 0 Å². The number of hydrogen-bond donors (Lipinski definition) is 4. The molecule has 0 spiro atoms. The summed E-state index contributed by atoms with van der Waals surface area (Å²) in [4.78, 5) is 8.56. The molecule has 20 heavy (non-hydrogen) atoms. The number of hydrazine groups is 1. The van der Waals surface area contributed by atoms with Crippen LogP contribution in [0, 0.1) is 5.41 Å². The molecule has 0 bridgehead atoms. The summed E-state index contributed by atoms with van der Waals surface area (Å²) < 4.78 is 5.42. The van der Waals surface area contributed by atoms with E-state index in [1.807, 2.05) is 0 Å². The number of nitrogens with zero attached hydrogens (tertiary/aromatic N) is 3. The lowest BCUT2D eigenvalue weighted by Crippen LogP contribution is -2.33. The van der Waals surface area contributed by atoms with E-state index < -0.39 is 0 Å². The Morgan fingerprint density at radius 1 is 1.40 bits per heavy atom. The van der Waals surface area contributed by atoms with Crippen molar-refractivity contribution in [1.82, 2.24) is 20.2 Å². The number of nitrogens with two attached hydrogens (primary N) is 1. The fourth-order valence-electron chi connectivity index (χ4n) is 2.37. The molecule has 1 fully saturated rings. The van der Waals surface area contributed by atoms with Gasteiger partial charge in [-0.25, -0.2) is 5.84 Å². The topological polar surface area (TPSA) is 114 Å². The molecule has 0 saturated carbocycles. The van der Waals surface area contributed by atoms with Gasteiger partial charge in [-0.3, -0.25) is 10.5 Å². The normalized spacial score (nSPS) is 18.1. The van der Waals surface area contributed by atoms with Crippen LogP contribution in [0.1, 0.15) is 19.8 Å². The number of hydrogen-bond acceptors (Lipinski definition) is 7. The summed E-state index contributed by atoms with van der Waals surface area (Å²) >= 11 is 0. The van der Waals surface area contributed by atoms with Crippen LogP contribution >= 0.6 is 0 Å². The number of rotatable bonds is 4. The van der Waals surface area contributed by atoms with E-state index in [0.29, 0.717) is 11.6 Å². The fourth-order valence-corrected chi connectivity index (χ4v) is 2.37. The molecule has 0 aliphatic carbocycles. The Morgan fingerprint density at radius 2 is 2.20 bits per heavy atom. The molecule has 0 aromatic carbocycles.